The lowest BCUT2D eigenvalue weighted by atomic mass is 10.1. The highest BCUT2D eigenvalue weighted by Crippen LogP contribution is 2.27. The Morgan fingerprint density at radius 1 is 1.41 bits per heavy atom. The van der Waals surface area contributed by atoms with Gasteiger partial charge in [-0.1, -0.05) is 13.8 Å². The van der Waals surface area contributed by atoms with Crippen LogP contribution in [-0.4, -0.2) is 37.1 Å². The topological polar surface area (TPSA) is 59.9 Å². The Labute approximate surface area is 134 Å². The van der Waals surface area contributed by atoms with Crippen molar-refractivity contribution in [3.63, 3.8) is 0 Å². The molecule has 6 heteroatoms. The summed E-state index contributed by atoms with van der Waals surface area (Å²) in [7, 11) is -0.116. The summed E-state index contributed by atoms with van der Waals surface area (Å²) in [5.41, 5.74) is 0.925. The van der Waals surface area contributed by atoms with Gasteiger partial charge in [0.05, 0.1) is 29.4 Å². The van der Waals surface area contributed by atoms with Gasteiger partial charge >= 0.3 is 0 Å². The highest BCUT2D eigenvalue weighted by atomic mass is 32.2. The number of anilines is 1. The smallest absolute Gasteiger partial charge is 0.143 e. The number of methoxy groups -OCH3 is 1. The Morgan fingerprint density at radius 3 is 2.77 bits per heavy atom. The van der Waals surface area contributed by atoms with Crippen molar-refractivity contribution in [2.24, 2.45) is 10.3 Å². The van der Waals surface area contributed by atoms with Crippen LogP contribution in [0.5, 0.6) is 5.75 Å². The van der Waals surface area contributed by atoms with Crippen LogP contribution in [0.2, 0.25) is 0 Å². The first kappa shape index (κ1) is 17.1. The largest absolute Gasteiger partial charge is 0.495 e. The normalized spacial score (nSPS) is 17.6. The minimum Gasteiger partial charge on any atom is -0.495 e. The quantitative estimate of drug-likeness (QED) is 0.789. The first-order valence-electron chi connectivity index (χ1n) is 7.78. The number of benzene rings is 1. The van der Waals surface area contributed by atoms with Gasteiger partial charge in [0.25, 0.3) is 0 Å². The van der Waals surface area contributed by atoms with Crippen LogP contribution in [0.4, 0.5) is 5.69 Å². The van der Waals surface area contributed by atoms with E-state index in [0.29, 0.717) is 29.8 Å². The van der Waals surface area contributed by atoms with Crippen LogP contribution in [0, 0.1) is 5.92 Å². The molecule has 0 aliphatic carbocycles. The van der Waals surface area contributed by atoms with Gasteiger partial charge in [0.2, 0.25) is 0 Å². The molecule has 0 aromatic heterocycles. The molecule has 1 saturated heterocycles. The Hall–Kier alpha value is -1.27. The zero-order valence-electron chi connectivity index (χ0n) is 13.5. The van der Waals surface area contributed by atoms with Gasteiger partial charge in [-0.05, 0) is 37.0 Å². The zero-order valence-corrected chi connectivity index (χ0v) is 14.4. The molecule has 1 fully saturated rings. The van der Waals surface area contributed by atoms with E-state index in [-0.39, 0.29) is 6.04 Å². The molecule has 1 atom stereocenters. The molecule has 124 valence electrons. The van der Waals surface area contributed by atoms with Crippen LogP contribution in [0.3, 0.4) is 0 Å². The standard InChI is InChI=1S/C16H26N2O3S/c1-12(2)11-17-15-5-4-14(10-16(15)20-3)22(19)18-13-6-8-21-9-7-13/h4-5,10,12-13,17,22H,6-9,11H2,1-3H3. The second-order valence-electron chi connectivity index (χ2n) is 5.89. The summed E-state index contributed by atoms with van der Waals surface area (Å²) in [5, 5.41) is 3.34. The molecule has 0 radical (unpaired) electrons. The van der Waals surface area contributed by atoms with Gasteiger partial charge in [0.15, 0.2) is 0 Å². The molecular formula is C16H26N2O3S. The highest BCUT2D eigenvalue weighted by molar-refractivity contribution is 7.75. The second-order valence-corrected chi connectivity index (χ2v) is 7.18. The molecule has 0 spiro atoms. The van der Waals surface area contributed by atoms with Gasteiger partial charge in [-0.15, -0.1) is 0 Å². The fraction of sp³-hybridized carbons (Fsp3) is 0.625. The lowest BCUT2D eigenvalue weighted by Crippen LogP contribution is -2.18. The molecule has 1 N–H and O–H groups in total. The molecule has 1 heterocycles. The number of ether oxygens (including phenoxy) is 2. The van der Waals surface area contributed by atoms with Crippen molar-refractivity contribution in [3.05, 3.63) is 18.2 Å². The third-order valence-electron chi connectivity index (χ3n) is 3.57. The molecule has 22 heavy (non-hydrogen) atoms. The minimum absolute atomic E-state index is 0.141. The lowest BCUT2D eigenvalue weighted by Gasteiger charge is -2.18. The lowest BCUT2D eigenvalue weighted by molar-refractivity contribution is 0.0875. The van der Waals surface area contributed by atoms with Gasteiger partial charge in [-0.3, -0.25) is 0 Å². The minimum atomic E-state index is -1.74. The van der Waals surface area contributed by atoms with E-state index in [1.165, 1.54) is 0 Å². The van der Waals surface area contributed by atoms with Gasteiger partial charge in [-0.2, -0.15) is 0 Å². The number of thiol groups is 1. The van der Waals surface area contributed by atoms with Crippen LogP contribution in [0.15, 0.2) is 27.5 Å². The number of hydrogen-bond donors (Lipinski definition) is 2. The summed E-state index contributed by atoms with van der Waals surface area (Å²) in [5.74, 6) is 1.26. The highest BCUT2D eigenvalue weighted by Gasteiger charge is 2.13. The van der Waals surface area contributed by atoms with Crippen LogP contribution < -0.4 is 10.1 Å². The summed E-state index contributed by atoms with van der Waals surface area (Å²) in [6, 6.07) is 5.75. The van der Waals surface area contributed by atoms with Crippen molar-refractivity contribution >= 4 is 16.3 Å². The van der Waals surface area contributed by atoms with Crippen molar-refractivity contribution in [1.82, 2.24) is 0 Å². The van der Waals surface area contributed by atoms with Gasteiger partial charge in [-0.25, -0.2) is 8.57 Å². The van der Waals surface area contributed by atoms with Crippen LogP contribution in [-0.2, 0) is 15.3 Å². The van der Waals surface area contributed by atoms with Crippen molar-refractivity contribution < 1.29 is 13.7 Å². The molecule has 2 rings (SSSR count). The first-order chi connectivity index (χ1) is 10.6. The molecule has 0 bridgehead atoms. The van der Waals surface area contributed by atoms with Crippen LogP contribution >= 0.6 is 0 Å². The van der Waals surface area contributed by atoms with E-state index in [0.717, 1.165) is 25.1 Å². The Morgan fingerprint density at radius 2 is 2.14 bits per heavy atom. The van der Waals surface area contributed by atoms with Crippen LogP contribution in [0.1, 0.15) is 26.7 Å². The van der Waals surface area contributed by atoms with Gasteiger partial charge in [0.1, 0.15) is 5.75 Å². The predicted octanol–water partition coefficient (Wildman–Crippen LogP) is 2.97. The zero-order chi connectivity index (χ0) is 15.9. The fourth-order valence-electron chi connectivity index (χ4n) is 2.27. The van der Waals surface area contributed by atoms with E-state index < -0.39 is 10.6 Å². The van der Waals surface area contributed by atoms with Crippen molar-refractivity contribution in [2.75, 3.05) is 32.2 Å². The molecule has 1 unspecified atom stereocenters. The van der Waals surface area contributed by atoms with Crippen LogP contribution in [0.25, 0.3) is 0 Å². The third-order valence-corrected chi connectivity index (χ3v) is 4.82. The van der Waals surface area contributed by atoms with E-state index in [4.69, 9.17) is 9.47 Å². The van der Waals surface area contributed by atoms with Gasteiger partial charge < -0.3 is 14.8 Å². The summed E-state index contributed by atoms with van der Waals surface area (Å²) < 4.78 is 27.6. The summed E-state index contributed by atoms with van der Waals surface area (Å²) in [6.07, 6.45) is 1.71. The number of hydrogen-bond acceptors (Lipinski definition) is 5. The molecule has 0 saturated carbocycles. The summed E-state index contributed by atoms with van der Waals surface area (Å²) in [4.78, 5) is 0.716. The molecular weight excluding hydrogens is 300 g/mol. The molecule has 1 aliphatic rings. The third kappa shape index (κ3) is 4.88. The summed E-state index contributed by atoms with van der Waals surface area (Å²) >= 11 is 0. The molecule has 5 nitrogen and oxygen atoms in total. The van der Waals surface area contributed by atoms with E-state index in [9.17, 15) is 4.21 Å². The number of nitrogens with one attached hydrogen (secondary N) is 1. The van der Waals surface area contributed by atoms with E-state index in [2.05, 4.69) is 23.5 Å². The SMILES string of the molecule is COc1cc(/[SH](=O)=N\C2CCOCC2)ccc1NCC(C)C. The van der Waals surface area contributed by atoms with E-state index >= 15 is 0 Å². The first-order valence-corrected chi connectivity index (χ1v) is 8.99. The second kappa shape index (κ2) is 8.39. The molecule has 1 aromatic rings. The maximum atomic E-state index is 12.4. The fourth-order valence-corrected chi connectivity index (χ4v) is 3.37. The molecule has 1 aliphatic heterocycles. The Kier molecular flexibility index (Phi) is 6.51. The predicted molar refractivity (Wildman–Crippen MR) is 90.4 cm³/mol. The van der Waals surface area contributed by atoms with Crippen molar-refractivity contribution in [3.8, 4) is 5.75 Å². The van der Waals surface area contributed by atoms with Crippen molar-refractivity contribution in [2.45, 2.75) is 37.6 Å². The monoisotopic (exact) mass is 326 g/mol. The average Bonchev–Trinajstić information content (AvgIpc) is 2.53. The van der Waals surface area contributed by atoms with Crippen molar-refractivity contribution in [1.29, 1.82) is 0 Å². The average molecular weight is 326 g/mol. The van der Waals surface area contributed by atoms with Gasteiger partial charge in [0, 0.05) is 24.7 Å². The maximum Gasteiger partial charge on any atom is 0.143 e. The molecule has 0 amide bonds. The Balaban J connectivity index is 2.13. The summed E-state index contributed by atoms with van der Waals surface area (Å²) in [6.45, 7) is 6.58. The molecule has 1 aromatic carbocycles. The Bertz CT molecular complexity index is 563. The van der Waals surface area contributed by atoms with E-state index in [1.807, 2.05) is 18.2 Å². The maximum absolute atomic E-state index is 12.4. The van der Waals surface area contributed by atoms with E-state index in [1.54, 1.807) is 7.11 Å². The number of rotatable bonds is 6. The number of nitrogens with zero attached hydrogens (tertiary/aromatic N) is 1.